The van der Waals surface area contributed by atoms with E-state index in [0.717, 1.165) is 51.4 Å². The Morgan fingerprint density at radius 3 is 0.897 bits per heavy atom. The first-order valence-electron chi connectivity index (χ1n) is 39.4. The van der Waals surface area contributed by atoms with E-state index in [0.29, 0.717) is 19.4 Å². The van der Waals surface area contributed by atoms with Gasteiger partial charge < -0.3 is 20.3 Å². The molecule has 0 aliphatic heterocycles. The second kappa shape index (κ2) is 76.3. The molecule has 1 amide bonds. The Kier molecular flexibility index (Phi) is 74.4. The summed E-state index contributed by atoms with van der Waals surface area (Å²) in [4.78, 5) is 24.6. The molecule has 3 N–H and O–H groups in total. The number of hydrogen-bond donors (Lipinski definition) is 3. The van der Waals surface area contributed by atoms with Crippen LogP contribution in [-0.4, -0.2) is 47.4 Å². The van der Waals surface area contributed by atoms with E-state index < -0.39 is 12.1 Å². The van der Waals surface area contributed by atoms with Crippen molar-refractivity contribution in [3.63, 3.8) is 0 Å². The minimum absolute atomic E-state index is 0.0130. The van der Waals surface area contributed by atoms with Gasteiger partial charge in [-0.25, -0.2) is 0 Å². The highest BCUT2D eigenvalue weighted by Crippen LogP contribution is 2.19. The Balaban J connectivity index is 3.35. The zero-order valence-corrected chi connectivity index (χ0v) is 58.8. The highest BCUT2D eigenvalue weighted by molar-refractivity contribution is 5.76. The van der Waals surface area contributed by atoms with Crippen molar-refractivity contribution in [3.05, 3.63) is 48.6 Å². The van der Waals surface area contributed by atoms with Gasteiger partial charge in [0.15, 0.2) is 0 Å². The molecule has 87 heavy (non-hydrogen) atoms. The number of allylic oxidation sites excluding steroid dienone is 7. The molecule has 0 aromatic rings. The summed E-state index contributed by atoms with van der Waals surface area (Å²) in [5.74, 6) is -0.0483. The summed E-state index contributed by atoms with van der Waals surface area (Å²) in [7, 11) is 0. The molecular formula is C81H153NO5. The molecule has 512 valence electrons. The first-order valence-corrected chi connectivity index (χ1v) is 39.4. The number of esters is 1. The molecule has 0 radical (unpaired) electrons. The normalized spacial score (nSPS) is 12.7. The Bertz CT molecular complexity index is 1450. The number of unbranched alkanes of at least 4 members (excludes halogenated alkanes) is 57. The molecule has 6 heteroatoms. The summed E-state index contributed by atoms with van der Waals surface area (Å²) in [6, 6.07) is -0.626. The fourth-order valence-electron chi connectivity index (χ4n) is 12.3. The molecule has 0 spiro atoms. The fourth-order valence-corrected chi connectivity index (χ4v) is 12.3. The first-order chi connectivity index (χ1) is 43.0. The Labute approximate surface area is 544 Å². The molecule has 2 unspecified atom stereocenters. The van der Waals surface area contributed by atoms with Crippen molar-refractivity contribution in [3.8, 4) is 0 Å². The summed E-state index contributed by atoms with van der Waals surface area (Å²) < 4.78 is 5.51. The number of carbonyl (C=O) groups excluding carboxylic acids is 2. The van der Waals surface area contributed by atoms with Crippen molar-refractivity contribution in [2.75, 3.05) is 13.2 Å². The topological polar surface area (TPSA) is 95.9 Å². The van der Waals surface area contributed by atoms with E-state index in [4.69, 9.17) is 4.74 Å². The van der Waals surface area contributed by atoms with Crippen LogP contribution in [0.15, 0.2) is 48.6 Å². The van der Waals surface area contributed by atoms with Crippen LogP contribution in [0.1, 0.15) is 431 Å². The van der Waals surface area contributed by atoms with Crippen LogP contribution in [0.2, 0.25) is 0 Å². The van der Waals surface area contributed by atoms with Gasteiger partial charge in [0.1, 0.15) is 0 Å². The molecule has 0 fully saturated rings. The molecule has 0 saturated carbocycles. The lowest BCUT2D eigenvalue weighted by Gasteiger charge is -2.20. The molecule has 0 aromatic carbocycles. The number of nitrogens with one attached hydrogen (secondary N) is 1. The Morgan fingerprint density at radius 1 is 0.322 bits per heavy atom. The van der Waals surface area contributed by atoms with Gasteiger partial charge in [-0.05, 0) is 89.9 Å². The molecule has 0 aliphatic carbocycles. The molecule has 0 aliphatic rings. The smallest absolute Gasteiger partial charge is 0.305 e. The van der Waals surface area contributed by atoms with Crippen LogP contribution in [0.4, 0.5) is 0 Å². The quantitative estimate of drug-likeness (QED) is 0.0320. The Hall–Kier alpha value is -2.18. The first kappa shape index (κ1) is 84.8. The molecule has 6 nitrogen and oxygen atoms in total. The molecular weight excluding hydrogens is 1070 g/mol. The standard InChI is InChI=1S/C81H153NO5/c1-3-5-7-9-11-13-15-17-19-21-43-47-51-55-59-63-67-71-75-81(86)87-76-72-68-64-60-56-52-48-44-40-38-36-34-32-30-28-26-24-22-23-25-27-29-31-33-35-37-39-42-46-50-54-58-62-66-70-74-80(85)82-78(77-83)79(84)73-69-65-61-57-53-49-45-41-20-18-16-14-12-10-8-6-4-2/h13,15,19,21,24,26,69,73,78-79,83-84H,3-12,14,16-18,20,22-23,25,27-68,70-72,74-77H2,1-2H3,(H,82,85)/b15-13-,21-19-,26-24-,73-69+. The molecule has 0 rings (SSSR count). The number of aliphatic hydroxyl groups is 2. The van der Waals surface area contributed by atoms with E-state index in [1.807, 2.05) is 6.08 Å². The molecule has 0 saturated heterocycles. The van der Waals surface area contributed by atoms with Crippen LogP contribution in [-0.2, 0) is 14.3 Å². The maximum atomic E-state index is 12.5. The van der Waals surface area contributed by atoms with Crippen molar-refractivity contribution in [2.24, 2.45) is 0 Å². The van der Waals surface area contributed by atoms with Gasteiger partial charge in [-0.2, -0.15) is 0 Å². The highest BCUT2D eigenvalue weighted by atomic mass is 16.5. The lowest BCUT2D eigenvalue weighted by atomic mass is 10.0. The summed E-state index contributed by atoms with van der Waals surface area (Å²) in [6.45, 7) is 4.92. The number of amides is 1. The van der Waals surface area contributed by atoms with Crippen molar-refractivity contribution >= 4 is 11.9 Å². The fraction of sp³-hybridized carbons (Fsp3) is 0.877. The van der Waals surface area contributed by atoms with Gasteiger partial charge in [0, 0.05) is 12.8 Å². The van der Waals surface area contributed by atoms with Gasteiger partial charge in [-0.3, -0.25) is 9.59 Å². The maximum Gasteiger partial charge on any atom is 0.305 e. The second-order valence-electron chi connectivity index (χ2n) is 27.0. The van der Waals surface area contributed by atoms with Crippen LogP contribution in [0.5, 0.6) is 0 Å². The van der Waals surface area contributed by atoms with Crippen LogP contribution in [0.3, 0.4) is 0 Å². The van der Waals surface area contributed by atoms with Gasteiger partial charge in [0.25, 0.3) is 0 Å². The number of hydrogen-bond acceptors (Lipinski definition) is 5. The number of ether oxygens (including phenoxy) is 1. The summed E-state index contributed by atoms with van der Waals surface area (Å²) in [6.07, 6.45) is 101. The minimum atomic E-state index is -0.843. The van der Waals surface area contributed by atoms with E-state index in [1.165, 1.54) is 353 Å². The lowest BCUT2D eigenvalue weighted by Crippen LogP contribution is -2.45. The zero-order valence-electron chi connectivity index (χ0n) is 58.8. The van der Waals surface area contributed by atoms with E-state index >= 15 is 0 Å². The van der Waals surface area contributed by atoms with E-state index in [1.54, 1.807) is 6.08 Å². The Morgan fingerprint density at radius 2 is 0.575 bits per heavy atom. The predicted octanol–water partition coefficient (Wildman–Crippen LogP) is 26.0. The summed E-state index contributed by atoms with van der Waals surface area (Å²) >= 11 is 0. The van der Waals surface area contributed by atoms with Gasteiger partial charge in [-0.15, -0.1) is 0 Å². The third-order valence-corrected chi connectivity index (χ3v) is 18.3. The summed E-state index contributed by atoms with van der Waals surface area (Å²) in [5, 5.41) is 23.2. The van der Waals surface area contributed by atoms with Crippen molar-refractivity contribution < 1.29 is 24.5 Å². The molecule has 2 atom stereocenters. The monoisotopic (exact) mass is 1220 g/mol. The highest BCUT2D eigenvalue weighted by Gasteiger charge is 2.18. The summed E-state index contributed by atoms with van der Waals surface area (Å²) in [5.41, 5.74) is 0. The number of rotatable bonds is 74. The van der Waals surface area contributed by atoms with Crippen molar-refractivity contribution in [1.29, 1.82) is 0 Å². The molecule has 0 heterocycles. The zero-order chi connectivity index (χ0) is 62.8. The van der Waals surface area contributed by atoms with Crippen molar-refractivity contribution in [2.45, 2.75) is 443 Å². The van der Waals surface area contributed by atoms with Gasteiger partial charge in [0.05, 0.1) is 25.4 Å². The van der Waals surface area contributed by atoms with Crippen LogP contribution in [0.25, 0.3) is 0 Å². The molecule has 0 aromatic heterocycles. The lowest BCUT2D eigenvalue weighted by molar-refractivity contribution is -0.143. The van der Waals surface area contributed by atoms with Crippen LogP contribution < -0.4 is 5.32 Å². The number of carbonyl (C=O) groups is 2. The van der Waals surface area contributed by atoms with E-state index in [2.05, 4.69) is 55.6 Å². The average Bonchev–Trinajstić information content (AvgIpc) is 3.53. The van der Waals surface area contributed by atoms with Crippen molar-refractivity contribution in [1.82, 2.24) is 5.32 Å². The average molecular weight is 1220 g/mol. The third kappa shape index (κ3) is 72.8. The minimum Gasteiger partial charge on any atom is -0.466 e. The SMILES string of the molecule is CCCCCC/C=C\C/C=C\CCCCCCCCCC(=O)OCCCCCCCCCCCCCCCC/C=C\CCCCCCCCCCCCCCCCCCCC(=O)NC(CO)C(O)/C=C/CCCCCCCCCCCCCCCCC. The van der Waals surface area contributed by atoms with Gasteiger partial charge in [0.2, 0.25) is 5.91 Å². The van der Waals surface area contributed by atoms with E-state index in [9.17, 15) is 19.8 Å². The third-order valence-electron chi connectivity index (χ3n) is 18.3. The number of aliphatic hydroxyl groups excluding tert-OH is 2. The predicted molar refractivity (Wildman–Crippen MR) is 384 cm³/mol. The second-order valence-corrected chi connectivity index (χ2v) is 27.0. The maximum absolute atomic E-state index is 12.5. The van der Waals surface area contributed by atoms with Gasteiger partial charge in [-0.1, -0.05) is 377 Å². The van der Waals surface area contributed by atoms with Crippen LogP contribution in [0, 0.1) is 0 Å². The van der Waals surface area contributed by atoms with Crippen LogP contribution >= 0.6 is 0 Å². The molecule has 0 bridgehead atoms. The van der Waals surface area contributed by atoms with Gasteiger partial charge >= 0.3 is 5.97 Å². The van der Waals surface area contributed by atoms with E-state index in [-0.39, 0.29) is 18.5 Å². The largest absolute Gasteiger partial charge is 0.466 e.